The van der Waals surface area contributed by atoms with Crippen molar-refractivity contribution in [3.05, 3.63) is 50.2 Å². The molecule has 100 valence electrons. The summed E-state index contributed by atoms with van der Waals surface area (Å²) in [5.74, 6) is 0.796. The Hall–Kier alpha value is -1.32. The number of aryl methyl sites for hydroxylation is 2. The highest BCUT2D eigenvalue weighted by Crippen LogP contribution is 2.26. The van der Waals surface area contributed by atoms with Gasteiger partial charge < -0.3 is 4.74 Å². The fourth-order valence-corrected chi connectivity index (χ4v) is 3.02. The van der Waals surface area contributed by atoms with E-state index in [0.29, 0.717) is 17.2 Å². The lowest BCUT2D eigenvalue weighted by atomic mass is 10.1. The van der Waals surface area contributed by atoms with Gasteiger partial charge in [0.1, 0.15) is 5.75 Å². The van der Waals surface area contributed by atoms with Gasteiger partial charge in [-0.05, 0) is 43.7 Å². The van der Waals surface area contributed by atoms with Gasteiger partial charge >= 0.3 is 0 Å². The SMILES string of the molecule is COc1ccc(Cl)cc1CC(=O)c1cc(C)c(C)s1. The van der Waals surface area contributed by atoms with Crippen LogP contribution in [0.25, 0.3) is 0 Å². The number of ketones is 1. The number of carbonyl (C=O) groups excluding carboxylic acids is 1. The van der Waals surface area contributed by atoms with Gasteiger partial charge in [-0.1, -0.05) is 11.6 Å². The van der Waals surface area contributed by atoms with Crippen LogP contribution in [0.15, 0.2) is 24.3 Å². The molecule has 2 nitrogen and oxygen atoms in total. The zero-order valence-corrected chi connectivity index (χ0v) is 12.7. The molecule has 0 bridgehead atoms. The molecular weight excluding hydrogens is 280 g/mol. The predicted molar refractivity (Wildman–Crippen MR) is 79.8 cm³/mol. The Morgan fingerprint density at radius 3 is 2.63 bits per heavy atom. The van der Waals surface area contributed by atoms with Gasteiger partial charge in [0, 0.05) is 21.9 Å². The van der Waals surface area contributed by atoms with Crippen molar-refractivity contribution in [2.75, 3.05) is 7.11 Å². The van der Waals surface area contributed by atoms with Crippen molar-refractivity contribution < 1.29 is 9.53 Å². The lowest BCUT2D eigenvalue weighted by Gasteiger charge is -2.07. The van der Waals surface area contributed by atoms with Crippen LogP contribution in [0.4, 0.5) is 0 Å². The fourth-order valence-electron chi connectivity index (χ4n) is 1.86. The van der Waals surface area contributed by atoms with Crippen LogP contribution in [0.2, 0.25) is 5.02 Å². The number of benzene rings is 1. The summed E-state index contributed by atoms with van der Waals surface area (Å²) in [5, 5.41) is 0.613. The molecule has 0 saturated carbocycles. The summed E-state index contributed by atoms with van der Waals surface area (Å²) < 4.78 is 5.26. The first-order valence-electron chi connectivity index (χ1n) is 5.94. The molecule has 0 aliphatic carbocycles. The lowest BCUT2D eigenvalue weighted by molar-refractivity contribution is 0.0996. The Morgan fingerprint density at radius 1 is 1.32 bits per heavy atom. The number of carbonyl (C=O) groups is 1. The summed E-state index contributed by atoms with van der Waals surface area (Å²) in [5.41, 5.74) is 1.98. The molecule has 0 atom stereocenters. The second-order valence-corrected chi connectivity index (χ2v) is 6.10. The van der Waals surface area contributed by atoms with Crippen molar-refractivity contribution in [1.29, 1.82) is 0 Å². The highest BCUT2D eigenvalue weighted by Gasteiger charge is 2.14. The van der Waals surface area contributed by atoms with Crippen LogP contribution in [-0.4, -0.2) is 12.9 Å². The second-order valence-electron chi connectivity index (χ2n) is 4.41. The monoisotopic (exact) mass is 294 g/mol. The Labute approximate surface area is 122 Å². The maximum atomic E-state index is 12.3. The quantitative estimate of drug-likeness (QED) is 0.779. The van der Waals surface area contributed by atoms with Crippen molar-refractivity contribution in [1.82, 2.24) is 0 Å². The van der Waals surface area contributed by atoms with Gasteiger partial charge in [0.2, 0.25) is 0 Å². The van der Waals surface area contributed by atoms with Crippen LogP contribution in [0, 0.1) is 13.8 Å². The van der Waals surface area contributed by atoms with E-state index in [9.17, 15) is 4.79 Å². The summed E-state index contributed by atoms with van der Waals surface area (Å²) >= 11 is 7.50. The van der Waals surface area contributed by atoms with E-state index >= 15 is 0 Å². The van der Waals surface area contributed by atoms with Crippen LogP contribution in [0.1, 0.15) is 25.7 Å². The van der Waals surface area contributed by atoms with Crippen LogP contribution < -0.4 is 4.74 Å². The second kappa shape index (κ2) is 5.76. The van der Waals surface area contributed by atoms with Crippen molar-refractivity contribution in [3.63, 3.8) is 0 Å². The molecular formula is C15H15ClO2S. The summed E-state index contributed by atoms with van der Waals surface area (Å²) in [6, 6.07) is 7.27. The van der Waals surface area contributed by atoms with Gasteiger partial charge in [-0.15, -0.1) is 11.3 Å². The average molecular weight is 295 g/mol. The smallest absolute Gasteiger partial charge is 0.177 e. The Balaban J connectivity index is 2.25. The van der Waals surface area contributed by atoms with Crippen LogP contribution in [-0.2, 0) is 6.42 Å². The lowest BCUT2D eigenvalue weighted by Crippen LogP contribution is -2.03. The van der Waals surface area contributed by atoms with E-state index in [0.717, 1.165) is 16.0 Å². The van der Waals surface area contributed by atoms with Gasteiger partial charge in [0.05, 0.1) is 12.0 Å². The van der Waals surface area contributed by atoms with Crippen molar-refractivity contribution in [2.24, 2.45) is 0 Å². The van der Waals surface area contributed by atoms with Crippen molar-refractivity contribution >= 4 is 28.7 Å². The zero-order valence-electron chi connectivity index (χ0n) is 11.1. The molecule has 1 heterocycles. The van der Waals surface area contributed by atoms with Gasteiger partial charge in [-0.2, -0.15) is 0 Å². The van der Waals surface area contributed by atoms with E-state index < -0.39 is 0 Å². The van der Waals surface area contributed by atoms with E-state index in [1.165, 1.54) is 16.2 Å². The normalized spacial score (nSPS) is 10.5. The molecule has 0 spiro atoms. The number of methoxy groups -OCH3 is 1. The first-order valence-corrected chi connectivity index (χ1v) is 7.13. The average Bonchev–Trinajstić information content (AvgIpc) is 2.70. The number of Topliss-reactive ketones (excluding diaryl/α,β-unsaturated/α-hetero) is 1. The van der Waals surface area contributed by atoms with Gasteiger partial charge in [0.25, 0.3) is 0 Å². The van der Waals surface area contributed by atoms with E-state index in [2.05, 4.69) is 0 Å². The number of hydrogen-bond donors (Lipinski definition) is 0. The molecule has 1 aromatic heterocycles. The minimum Gasteiger partial charge on any atom is -0.496 e. The number of thiophene rings is 1. The molecule has 0 unspecified atom stereocenters. The van der Waals surface area contributed by atoms with E-state index in [1.54, 1.807) is 25.3 Å². The number of hydrogen-bond acceptors (Lipinski definition) is 3. The Morgan fingerprint density at radius 2 is 2.05 bits per heavy atom. The maximum absolute atomic E-state index is 12.3. The first kappa shape index (κ1) is 14.1. The molecule has 0 aliphatic heterocycles. The summed E-state index contributed by atoms with van der Waals surface area (Å²) in [4.78, 5) is 14.2. The number of ether oxygens (including phenoxy) is 1. The summed E-state index contributed by atoms with van der Waals surface area (Å²) in [7, 11) is 1.59. The first-order chi connectivity index (χ1) is 9.01. The fraction of sp³-hybridized carbons (Fsp3) is 0.267. The van der Waals surface area contributed by atoms with Crippen LogP contribution >= 0.6 is 22.9 Å². The third kappa shape index (κ3) is 3.17. The molecule has 0 aliphatic rings. The van der Waals surface area contributed by atoms with Gasteiger partial charge in [-0.3, -0.25) is 4.79 Å². The summed E-state index contributed by atoms with van der Waals surface area (Å²) in [6.07, 6.45) is 0.309. The molecule has 2 rings (SSSR count). The van der Waals surface area contributed by atoms with Crippen molar-refractivity contribution in [2.45, 2.75) is 20.3 Å². The number of rotatable bonds is 4. The zero-order chi connectivity index (χ0) is 14.0. The summed E-state index contributed by atoms with van der Waals surface area (Å²) in [6.45, 7) is 4.04. The highest BCUT2D eigenvalue weighted by atomic mass is 35.5. The topological polar surface area (TPSA) is 26.3 Å². The molecule has 0 fully saturated rings. The van der Waals surface area contributed by atoms with E-state index in [-0.39, 0.29) is 5.78 Å². The molecule has 0 amide bonds. The molecule has 4 heteroatoms. The third-order valence-corrected chi connectivity index (χ3v) is 4.46. The molecule has 1 aromatic carbocycles. The molecule has 0 saturated heterocycles. The third-order valence-electron chi connectivity index (χ3n) is 3.03. The molecule has 0 N–H and O–H groups in total. The minimum absolute atomic E-state index is 0.0989. The Kier molecular flexibility index (Phi) is 4.27. The largest absolute Gasteiger partial charge is 0.496 e. The van der Waals surface area contributed by atoms with Gasteiger partial charge in [-0.25, -0.2) is 0 Å². The maximum Gasteiger partial charge on any atom is 0.177 e. The minimum atomic E-state index is 0.0989. The standard InChI is InChI=1S/C15H15ClO2S/c1-9-6-15(19-10(9)2)13(17)8-11-7-12(16)4-5-14(11)18-3/h4-7H,8H2,1-3H3. The van der Waals surface area contributed by atoms with Crippen molar-refractivity contribution in [3.8, 4) is 5.75 Å². The van der Waals surface area contributed by atoms with E-state index in [1.807, 2.05) is 19.9 Å². The van der Waals surface area contributed by atoms with Gasteiger partial charge in [0.15, 0.2) is 5.78 Å². The highest BCUT2D eigenvalue weighted by molar-refractivity contribution is 7.14. The number of halogens is 1. The van der Waals surface area contributed by atoms with Crippen LogP contribution in [0.3, 0.4) is 0 Å². The van der Waals surface area contributed by atoms with E-state index in [4.69, 9.17) is 16.3 Å². The predicted octanol–water partition coefficient (Wildman–Crippen LogP) is 4.45. The molecule has 0 radical (unpaired) electrons. The molecule has 19 heavy (non-hydrogen) atoms. The Bertz CT molecular complexity index is 597. The van der Waals surface area contributed by atoms with Crippen LogP contribution in [0.5, 0.6) is 5.75 Å². The molecule has 2 aromatic rings.